The van der Waals surface area contributed by atoms with Crippen LogP contribution < -0.4 is 4.74 Å². The van der Waals surface area contributed by atoms with Gasteiger partial charge in [-0.05, 0) is 12.1 Å². The van der Waals surface area contributed by atoms with E-state index in [2.05, 4.69) is 9.47 Å². The van der Waals surface area contributed by atoms with Crippen LogP contribution in [0.4, 0.5) is 8.78 Å². The minimum Gasteiger partial charge on any atom is -0.465 e. The van der Waals surface area contributed by atoms with Crippen LogP contribution in [0.3, 0.4) is 0 Å². The number of rotatable bonds is 3. The number of halogens is 3. The van der Waals surface area contributed by atoms with Crippen molar-refractivity contribution in [2.45, 2.75) is 6.61 Å². The third kappa shape index (κ3) is 2.82. The van der Waals surface area contributed by atoms with Crippen molar-refractivity contribution in [1.29, 1.82) is 5.26 Å². The number of carbonyl (C=O) groups excluding carboxylic acids is 1. The van der Waals surface area contributed by atoms with Gasteiger partial charge in [0.15, 0.2) is 0 Å². The summed E-state index contributed by atoms with van der Waals surface area (Å²) in [7, 11) is 1.08. The molecule has 0 saturated heterocycles. The van der Waals surface area contributed by atoms with Crippen LogP contribution in [-0.4, -0.2) is 19.7 Å². The zero-order valence-electron chi connectivity index (χ0n) is 8.54. The lowest BCUT2D eigenvalue weighted by Crippen LogP contribution is -2.09. The Hall–Kier alpha value is -1.87. The van der Waals surface area contributed by atoms with Crippen LogP contribution >= 0.6 is 11.6 Å². The predicted molar refractivity (Wildman–Crippen MR) is 54.1 cm³/mol. The maximum Gasteiger partial charge on any atom is 0.387 e. The zero-order valence-corrected chi connectivity index (χ0v) is 9.29. The SMILES string of the molecule is COC(=O)c1c(Cl)ccc(OC(F)F)c1C#N. The number of hydrogen-bond donors (Lipinski definition) is 0. The fraction of sp³-hybridized carbons (Fsp3) is 0.200. The third-order valence-electron chi connectivity index (χ3n) is 1.83. The second-order valence-corrected chi connectivity index (χ2v) is 3.18. The quantitative estimate of drug-likeness (QED) is 0.785. The lowest BCUT2D eigenvalue weighted by molar-refractivity contribution is -0.0501. The third-order valence-corrected chi connectivity index (χ3v) is 2.15. The standard InChI is InChI=1S/C10H6ClF2NO3/c1-16-9(15)8-5(4-14)7(17-10(12)13)3-2-6(8)11/h2-3,10H,1H3. The lowest BCUT2D eigenvalue weighted by Gasteiger charge is -2.10. The molecule has 1 aromatic rings. The topological polar surface area (TPSA) is 59.3 Å². The monoisotopic (exact) mass is 261 g/mol. The maximum absolute atomic E-state index is 12.1. The number of ether oxygens (including phenoxy) is 2. The van der Waals surface area contributed by atoms with Crippen LogP contribution in [0.15, 0.2) is 12.1 Å². The van der Waals surface area contributed by atoms with Gasteiger partial charge in [-0.2, -0.15) is 14.0 Å². The van der Waals surface area contributed by atoms with E-state index in [1.807, 2.05) is 0 Å². The van der Waals surface area contributed by atoms with Crippen molar-refractivity contribution in [3.05, 3.63) is 28.3 Å². The van der Waals surface area contributed by atoms with Gasteiger partial charge in [-0.1, -0.05) is 11.6 Å². The molecule has 1 rings (SSSR count). The number of benzene rings is 1. The Balaban J connectivity index is 3.37. The van der Waals surface area contributed by atoms with Gasteiger partial charge in [0.2, 0.25) is 0 Å². The first kappa shape index (κ1) is 13.2. The van der Waals surface area contributed by atoms with E-state index < -0.39 is 18.3 Å². The molecule has 0 radical (unpaired) electrons. The summed E-state index contributed by atoms with van der Waals surface area (Å²) in [6.07, 6.45) is 0. The second kappa shape index (κ2) is 5.46. The van der Waals surface area contributed by atoms with E-state index in [0.717, 1.165) is 13.2 Å². The van der Waals surface area contributed by atoms with Gasteiger partial charge in [-0.25, -0.2) is 4.79 Å². The highest BCUT2D eigenvalue weighted by molar-refractivity contribution is 6.34. The molecule has 0 amide bonds. The van der Waals surface area contributed by atoms with Gasteiger partial charge in [0, 0.05) is 0 Å². The van der Waals surface area contributed by atoms with Crippen molar-refractivity contribution < 1.29 is 23.0 Å². The summed E-state index contributed by atoms with van der Waals surface area (Å²) in [6.45, 7) is -3.10. The average Bonchev–Trinajstić information content (AvgIpc) is 2.29. The molecule has 0 saturated carbocycles. The van der Waals surface area contributed by atoms with Crippen LogP contribution in [0.1, 0.15) is 15.9 Å². The minimum absolute atomic E-state index is 0.0741. The number of methoxy groups -OCH3 is 1. The van der Waals surface area contributed by atoms with Crippen molar-refractivity contribution >= 4 is 17.6 Å². The molecule has 0 N–H and O–H groups in total. The van der Waals surface area contributed by atoms with Gasteiger partial charge in [-0.3, -0.25) is 0 Å². The second-order valence-electron chi connectivity index (χ2n) is 2.78. The van der Waals surface area contributed by atoms with Crippen LogP contribution in [0.5, 0.6) is 5.75 Å². The Bertz CT molecular complexity index is 485. The van der Waals surface area contributed by atoms with Crippen molar-refractivity contribution in [2.75, 3.05) is 7.11 Å². The molecule has 0 heterocycles. The fourth-order valence-electron chi connectivity index (χ4n) is 1.16. The Labute approximate surface area is 100 Å². The Kier molecular flexibility index (Phi) is 4.24. The van der Waals surface area contributed by atoms with Gasteiger partial charge in [0.25, 0.3) is 0 Å². The molecule has 90 valence electrons. The molecule has 0 aliphatic carbocycles. The number of nitrogens with zero attached hydrogens (tertiary/aromatic N) is 1. The van der Waals surface area contributed by atoms with E-state index in [0.29, 0.717) is 0 Å². The van der Waals surface area contributed by atoms with Crippen molar-refractivity contribution in [3.8, 4) is 11.8 Å². The molecular weight excluding hydrogens is 256 g/mol. The highest BCUT2D eigenvalue weighted by Crippen LogP contribution is 2.29. The van der Waals surface area contributed by atoms with Crippen LogP contribution in [-0.2, 0) is 4.74 Å². The average molecular weight is 262 g/mol. The number of alkyl halides is 2. The summed E-state index contributed by atoms with van der Waals surface area (Å²) in [5, 5.41) is 8.77. The minimum atomic E-state index is -3.10. The molecule has 0 aromatic heterocycles. The summed E-state index contributed by atoms with van der Waals surface area (Å²) in [5.41, 5.74) is -0.681. The molecule has 0 aliphatic heterocycles. The van der Waals surface area contributed by atoms with E-state index in [1.165, 1.54) is 6.07 Å². The van der Waals surface area contributed by atoms with Gasteiger partial charge in [0.1, 0.15) is 17.4 Å². The van der Waals surface area contributed by atoms with E-state index >= 15 is 0 Å². The predicted octanol–water partition coefficient (Wildman–Crippen LogP) is 2.60. The molecule has 0 spiro atoms. The highest BCUT2D eigenvalue weighted by Gasteiger charge is 2.22. The number of carbonyl (C=O) groups is 1. The summed E-state index contributed by atoms with van der Waals surface area (Å²) in [5.74, 6) is -1.32. The lowest BCUT2D eigenvalue weighted by atomic mass is 10.1. The largest absolute Gasteiger partial charge is 0.465 e. The number of esters is 1. The Morgan fingerprint density at radius 1 is 1.53 bits per heavy atom. The first-order valence-electron chi connectivity index (χ1n) is 4.27. The van der Waals surface area contributed by atoms with Gasteiger partial charge < -0.3 is 9.47 Å². The van der Waals surface area contributed by atoms with Crippen LogP contribution in [0.2, 0.25) is 5.02 Å². The maximum atomic E-state index is 12.1. The number of hydrogen-bond acceptors (Lipinski definition) is 4. The van der Waals surface area contributed by atoms with Crippen LogP contribution in [0, 0.1) is 11.3 Å². The summed E-state index contributed by atoms with van der Waals surface area (Å²) >= 11 is 5.70. The van der Waals surface area contributed by atoms with E-state index in [9.17, 15) is 13.6 Å². The smallest absolute Gasteiger partial charge is 0.387 e. The van der Waals surface area contributed by atoms with E-state index in [1.54, 1.807) is 6.07 Å². The van der Waals surface area contributed by atoms with Crippen LogP contribution in [0.25, 0.3) is 0 Å². The van der Waals surface area contributed by atoms with Gasteiger partial charge in [-0.15, -0.1) is 0 Å². The normalized spacial score (nSPS) is 9.88. The summed E-state index contributed by atoms with van der Waals surface area (Å²) < 4.78 is 32.6. The summed E-state index contributed by atoms with van der Waals surface area (Å²) in [6, 6.07) is 3.84. The molecule has 4 nitrogen and oxygen atoms in total. The van der Waals surface area contributed by atoms with Crippen molar-refractivity contribution in [2.24, 2.45) is 0 Å². The van der Waals surface area contributed by atoms with Gasteiger partial charge in [0.05, 0.1) is 17.7 Å². The van der Waals surface area contributed by atoms with E-state index in [-0.39, 0.29) is 16.1 Å². The highest BCUT2D eigenvalue weighted by atomic mass is 35.5. The molecule has 7 heteroatoms. The molecule has 0 fully saturated rings. The molecule has 17 heavy (non-hydrogen) atoms. The fourth-order valence-corrected chi connectivity index (χ4v) is 1.40. The zero-order chi connectivity index (χ0) is 13.0. The molecule has 1 aromatic carbocycles. The molecule has 0 unspecified atom stereocenters. The van der Waals surface area contributed by atoms with Crippen molar-refractivity contribution in [3.63, 3.8) is 0 Å². The molecule has 0 bridgehead atoms. The van der Waals surface area contributed by atoms with E-state index in [4.69, 9.17) is 16.9 Å². The Morgan fingerprint density at radius 2 is 2.18 bits per heavy atom. The molecular formula is C10H6ClF2NO3. The molecule has 0 atom stereocenters. The first-order valence-corrected chi connectivity index (χ1v) is 4.64. The number of nitriles is 1. The Morgan fingerprint density at radius 3 is 2.65 bits per heavy atom. The molecule has 0 aliphatic rings. The van der Waals surface area contributed by atoms with Crippen molar-refractivity contribution in [1.82, 2.24) is 0 Å². The first-order chi connectivity index (χ1) is 8.01. The van der Waals surface area contributed by atoms with Gasteiger partial charge >= 0.3 is 12.6 Å². The summed E-state index contributed by atoms with van der Waals surface area (Å²) in [4.78, 5) is 11.4.